The number of nitrogens with one attached hydrogen (secondary N) is 1. The molecule has 21 heavy (non-hydrogen) atoms. The Morgan fingerprint density at radius 2 is 2.00 bits per heavy atom. The van der Waals surface area contributed by atoms with Gasteiger partial charge in [0.25, 0.3) is 0 Å². The number of phenolic OH excluding ortho intramolecular Hbond substituents is 1. The van der Waals surface area contributed by atoms with Crippen LogP contribution in [0.5, 0.6) is 5.75 Å². The standard InChI is InChI=1S/C16H15N3OS/c1-10-3-6-15(20)14(7-10)19-16-17-9-11-8-12(21-2)4-5-13(11)18-16/h3-9,20H,1-2H3,(H,17,18,19). The maximum absolute atomic E-state index is 9.86. The van der Waals surface area contributed by atoms with Crippen molar-refractivity contribution in [2.75, 3.05) is 11.6 Å². The molecule has 2 aromatic carbocycles. The second kappa shape index (κ2) is 5.61. The number of rotatable bonds is 3. The Kier molecular flexibility index (Phi) is 3.66. The minimum atomic E-state index is 0.182. The Bertz CT molecular complexity index is 805. The highest BCUT2D eigenvalue weighted by atomic mass is 32.2. The highest BCUT2D eigenvalue weighted by Gasteiger charge is 2.05. The number of anilines is 2. The van der Waals surface area contributed by atoms with Gasteiger partial charge < -0.3 is 10.4 Å². The van der Waals surface area contributed by atoms with Crippen LogP contribution < -0.4 is 5.32 Å². The van der Waals surface area contributed by atoms with Crippen molar-refractivity contribution >= 4 is 34.3 Å². The third-order valence-corrected chi connectivity index (χ3v) is 3.91. The van der Waals surface area contributed by atoms with Gasteiger partial charge in [0.15, 0.2) is 0 Å². The summed E-state index contributed by atoms with van der Waals surface area (Å²) in [6, 6.07) is 11.4. The smallest absolute Gasteiger partial charge is 0.227 e. The molecule has 0 amide bonds. The van der Waals surface area contributed by atoms with Gasteiger partial charge in [0.2, 0.25) is 5.95 Å². The number of fused-ring (bicyclic) bond motifs is 1. The van der Waals surface area contributed by atoms with E-state index in [-0.39, 0.29) is 5.75 Å². The molecule has 3 aromatic rings. The lowest BCUT2D eigenvalue weighted by Crippen LogP contribution is -1.97. The number of aromatic hydroxyl groups is 1. The number of benzene rings is 2. The quantitative estimate of drug-likeness (QED) is 0.563. The number of hydrogen-bond donors (Lipinski definition) is 2. The summed E-state index contributed by atoms with van der Waals surface area (Å²) in [4.78, 5) is 9.96. The number of aryl methyl sites for hydroxylation is 1. The first-order valence-electron chi connectivity index (χ1n) is 6.53. The van der Waals surface area contributed by atoms with Gasteiger partial charge in [-0.2, -0.15) is 0 Å². The number of hydrogen-bond acceptors (Lipinski definition) is 5. The van der Waals surface area contributed by atoms with Gasteiger partial charge in [-0.3, -0.25) is 0 Å². The van der Waals surface area contributed by atoms with Gasteiger partial charge in [-0.15, -0.1) is 11.8 Å². The highest BCUT2D eigenvalue weighted by molar-refractivity contribution is 7.98. The molecular formula is C16H15N3OS. The van der Waals surface area contributed by atoms with Gasteiger partial charge in [-0.05, 0) is 49.1 Å². The average Bonchev–Trinajstić information content (AvgIpc) is 2.50. The molecule has 0 fully saturated rings. The molecule has 0 aliphatic carbocycles. The van der Waals surface area contributed by atoms with Crippen LogP contribution in [-0.2, 0) is 0 Å². The van der Waals surface area contributed by atoms with Crippen molar-refractivity contribution in [2.24, 2.45) is 0 Å². The summed E-state index contributed by atoms with van der Waals surface area (Å²) in [6.07, 6.45) is 3.83. The molecule has 0 saturated heterocycles. The first-order valence-corrected chi connectivity index (χ1v) is 7.75. The summed E-state index contributed by atoms with van der Waals surface area (Å²) in [5.74, 6) is 0.655. The fourth-order valence-electron chi connectivity index (χ4n) is 2.07. The Labute approximate surface area is 127 Å². The van der Waals surface area contributed by atoms with E-state index in [1.54, 1.807) is 24.0 Å². The molecule has 3 rings (SSSR count). The van der Waals surface area contributed by atoms with Crippen LogP contribution in [-0.4, -0.2) is 21.3 Å². The monoisotopic (exact) mass is 297 g/mol. The third-order valence-electron chi connectivity index (χ3n) is 3.19. The summed E-state index contributed by atoms with van der Waals surface area (Å²) in [5.41, 5.74) is 2.54. The van der Waals surface area contributed by atoms with Crippen LogP contribution in [0.1, 0.15) is 5.56 Å². The van der Waals surface area contributed by atoms with Crippen LogP contribution in [0.2, 0.25) is 0 Å². The minimum Gasteiger partial charge on any atom is -0.506 e. The van der Waals surface area contributed by atoms with Crippen molar-refractivity contribution in [3.8, 4) is 5.75 Å². The first kappa shape index (κ1) is 13.7. The second-order valence-corrected chi connectivity index (χ2v) is 5.64. The molecule has 5 heteroatoms. The van der Waals surface area contributed by atoms with E-state index in [1.807, 2.05) is 37.4 Å². The first-order chi connectivity index (χ1) is 10.2. The van der Waals surface area contributed by atoms with Gasteiger partial charge >= 0.3 is 0 Å². The summed E-state index contributed by atoms with van der Waals surface area (Å²) < 4.78 is 0. The van der Waals surface area contributed by atoms with Crippen LogP contribution in [0.15, 0.2) is 47.5 Å². The molecule has 106 valence electrons. The van der Waals surface area contributed by atoms with Crippen molar-refractivity contribution in [3.05, 3.63) is 48.2 Å². The SMILES string of the molecule is CSc1ccc2nc(Nc3cc(C)ccc3O)ncc2c1. The Hall–Kier alpha value is -2.27. The number of thioether (sulfide) groups is 1. The molecule has 0 aliphatic heterocycles. The molecule has 0 radical (unpaired) electrons. The van der Waals surface area contributed by atoms with Crippen molar-refractivity contribution in [1.29, 1.82) is 0 Å². The predicted octanol–water partition coefficient (Wildman–Crippen LogP) is 4.11. The Morgan fingerprint density at radius 1 is 1.14 bits per heavy atom. The van der Waals surface area contributed by atoms with Gasteiger partial charge in [0.05, 0.1) is 11.2 Å². The fourth-order valence-corrected chi connectivity index (χ4v) is 2.52. The molecule has 4 nitrogen and oxygen atoms in total. The topological polar surface area (TPSA) is 58.0 Å². The lowest BCUT2D eigenvalue weighted by molar-refractivity contribution is 0.477. The molecule has 0 unspecified atom stereocenters. The van der Waals surface area contributed by atoms with E-state index in [9.17, 15) is 5.11 Å². The summed E-state index contributed by atoms with van der Waals surface area (Å²) in [7, 11) is 0. The average molecular weight is 297 g/mol. The number of aromatic nitrogens is 2. The molecule has 0 aliphatic rings. The molecule has 0 bridgehead atoms. The van der Waals surface area contributed by atoms with E-state index in [1.165, 1.54) is 4.90 Å². The van der Waals surface area contributed by atoms with Crippen molar-refractivity contribution in [1.82, 2.24) is 9.97 Å². The van der Waals surface area contributed by atoms with Gasteiger partial charge in [0.1, 0.15) is 5.75 Å². The molecule has 1 heterocycles. The zero-order valence-corrected chi connectivity index (χ0v) is 12.6. The van der Waals surface area contributed by atoms with Gasteiger partial charge in [0, 0.05) is 16.5 Å². The largest absolute Gasteiger partial charge is 0.506 e. The van der Waals surface area contributed by atoms with E-state index >= 15 is 0 Å². The van der Waals surface area contributed by atoms with Crippen LogP contribution in [0.4, 0.5) is 11.6 Å². The number of nitrogens with zero attached hydrogens (tertiary/aromatic N) is 2. The molecule has 1 aromatic heterocycles. The van der Waals surface area contributed by atoms with E-state index < -0.39 is 0 Å². The predicted molar refractivity (Wildman–Crippen MR) is 87.4 cm³/mol. The second-order valence-electron chi connectivity index (χ2n) is 4.76. The van der Waals surface area contributed by atoms with Gasteiger partial charge in [-0.1, -0.05) is 6.07 Å². The maximum atomic E-state index is 9.86. The summed E-state index contributed by atoms with van der Waals surface area (Å²) >= 11 is 1.69. The van der Waals surface area contributed by atoms with E-state index in [4.69, 9.17) is 0 Å². The van der Waals surface area contributed by atoms with Crippen molar-refractivity contribution in [3.63, 3.8) is 0 Å². The highest BCUT2D eigenvalue weighted by Crippen LogP contribution is 2.27. The molecule has 2 N–H and O–H groups in total. The lowest BCUT2D eigenvalue weighted by Gasteiger charge is -2.08. The molecule has 0 atom stereocenters. The number of phenols is 1. The zero-order chi connectivity index (χ0) is 14.8. The van der Waals surface area contributed by atoms with Crippen LogP contribution >= 0.6 is 11.8 Å². The third kappa shape index (κ3) is 2.92. The minimum absolute atomic E-state index is 0.182. The zero-order valence-electron chi connectivity index (χ0n) is 11.8. The summed E-state index contributed by atoms with van der Waals surface area (Å²) in [6.45, 7) is 1.97. The Morgan fingerprint density at radius 3 is 2.81 bits per heavy atom. The van der Waals surface area contributed by atoms with Gasteiger partial charge in [-0.25, -0.2) is 9.97 Å². The maximum Gasteiger partial charge on any atom is 0.227 e. The summed E-state index contributed by atoms with van der Waals surface area (Å²) in [5, 5.41) is 13.9. The van der Waals surface area contributed by atoms with Crippen LogP contribution in [0.3, 0.4) is 0 Å². The molecule has 0 saturated carbocycles. The van der Waals surface area contributed by atoms with Crippen molar-refractivity contribution in [2.45, 2.75) is 11.8 Å². The van der Waals surface area contributed by atoms with Crippen LogP contribution in [0.25, 0.3) is 10.9 Å². The van der Waals surface area contributed by atoms with Crippen molar-refractivity contribution < 1.29 is 5.11 Å². The Balaban J connectivity index is 1.96. The van der Waals surface area contributed by atoms with E-state index in [0.29, 0.717) is 11.6 Å². The molecule has 0 spiro atoms. The fraction of sp³-hybridized carbons (Fsp3) is 0.125. The molecular weight excluding hydrogens is 282 g/mol. The lowest BCUT2D eigenvalue weighted by atomic mass is 10.2. The van der Waals surface area contributed by atoms with E-state index in [2.05, 4.69) is 21.4 Å². The normalized spacial score (nSPS) is 10.8. The van der Waals surface area contributed by atoms with E-state index in [0.717, 1.165) is 16.5 Å². The van der Waals surface area contributed by atoms with Crippen LogP contribution in [0, 0.1) is 6.92 Å².